The number of tetrazole rings is 1. The first kappa shape index (κ1) is 30.5. The summed E-state index contributed by atoms with van der Waals surface area (Å²) in [4.78, 5) is 15.1. The molecule has 1 aromatic heterocycles. The number of ether oxygens (including phenoxy) is 1. The number of hydrogen-bond acceptors (Lipinski definition) is 8. The molecule has 0 bridgehead atoms. The van der Waals surface area contributed by atoms with Gasteiger partial charge < -0.3 is 9.64 Å². The van der Waals surface area contributed by atoms with Crippen molar-refractivity contribution in [2.75, 3.05) is 29.1 Å². The van der Waals surface area contributed by atoms with Crippen LogP contribution in [0.1, 0.15) is 36.6 Å². The molecule has 0 fully saturated rings. The van der Waals surface area contributed by atoms with E-state index in [9.17, 15) is 26.4 Å². The second-order valence-corrected chi connectivity index (χ2v) is 11.2. The molecule has 1 unspecified atom stereocenters. The van der Waals surface area contributed by atoms with Gasteiger partial charge in [-0.2, -0.15) is 17.9 Å². The minimum Gasteiger partial charge on any atom is -0.440 e. The first-order valence-electron chi connectivity index (χ1n) is 13.0. The summed E-state index contributed by atoms with van der Waals surface area (Å²) >= 11 is 0. The predicted octanol–water partition coefficient (Wildman–Crippen LogP) is 5.60. The largest absolute Gasteiger partial charge is 0.440 e. The van der Waals surface area contributed by atoms with Crippen molar-refractivity contribution in [3.63, 3.8) is 0 Å². The molecule has 0 aliphatic heterocycles. The van der Waals surface area contributed by atoms with Gasteiger partial charge in [0.1, 0.15) is 6.10 Å². The number of carbonyl (C=O) groups is 1. The van der Waals surface area contributed by atoms with Crippen molar-refractivity contribution in [3.8, 4) is 5.69 Å². The molecule has 14 heteroatoms. The number of aryl methyl sites for hydroxylation is 1. The molecule has 0 aliphatic rings. The van der Waals surface area contributed by atoms with E-state index in [0.29, 0.717) is 16.9 Å². The standard InChI is InChI=1S/C28H29F3N6O4S/c1-4-36(5-2)23-14-15-24(19(3)16-23)32-27(38)41-25(20-10-9-11-21(17-20)28(29,30)31)18-42(39,40)26-33-34-35-37(26)22-12-7-6-8-13-22/h6-17,25H,4-5,18H2,1-3H3,(H,32,38). The van der Waals surface area contributed by atoms with Crippen molar-refractivity contribution < 1.29 is 31.1 Å². The number of anilines is 2. The Bertz CT molecular complexity index is 1640. The van der Waals surface area contributed by atoms with E-state index in [4.69, 9.17) is 4.74 Å². The minimum absolute atomic E-state index is 0.170. The maximum atomic E-state index is 13.5. The normalized spacial score (nSPS) is 12.5. The van der Waals surface area contributed by atoms with Gasteiger partial charge in [-0.15, -0.1) is 0 Å². The Balaban J connectivity index is 1.65. The lowest BCUT2D eigenvalue weighted by Crippen LogP contribution is -2.25. The fourth-order valence-electron chi connectivity index (χ4n) is 4.33. The van der Waals surface area contributed by atoms with Gasteiger partial charge in [-0.05, 0) is 84.8 Å². The maximum absolute atomic E-state index is 13.5. The zero-order valence-electron chi connectivity index (χ0n) is 23.0. The molecule has 0 saturated heterocycles. The Labute approximate surface area is 241 Å². The molecule has 4 aromatic rings. The number of para-hydroxylation sites is 1. The second kappa shape index (κ2) is 12.6. The Morgan fingerprint density at radius 2 is 1.74 bits per heavy atom. The third kappa shape index (κ3) is 7.05. The number of rotatable bonds is 10. The van der Waals surface area contributed by atoms with Gasteiger partial charge in [-0.3, -0.25) is 5.32 Å². The van der Waals surface area contributed by atoms with Crippen LogP contribution in [0.2, 0.25) is 0 Å². The van der Waals surface area contributed by atoms with Gasteiger partial charge in [0, 0.05) is 24.5 Å². The number of carbonyl (C=O) groups excluding carboxylic acids is 1. The van der Waals surface area contributed by atoms with E-state index in [2.05, 4.69) is 25.7 Å². The number of benzene rings is 3. The topological polar surface area (TPSA) is 119 Å². The third-order valence-electron chi connectivity index (χ3n) is 6.50. The number of nitrogens with one attached hydrogen (secondary N) is 1. The summed E-state index contributed by atoms with van der Waals surface area (Å²) in [5.41, 5.74) is 1.20. The molecule has 222 valence electrons. The number of alkyl halides is 3. The van der Waals surface area contributed by atoms with Crippen LogP contribution >= 0.6 is 0 Å². The van der Waals surface area contributed by atoms with Gasteiger partial charge in [0.05, 0.1) is 17.0 Å². The van der Waals surface area contributed by atoms with E-state index in [1.165, 1.54) is 6.07 Å². The van der Waals surface area contributed by atoms with Crippen LogP contribution in [0, 0.1) is 6.92 Å². The van der Waals surface area contributed by atoms with Crippen LogP contribution in [0.3, 0.4) is 0 Å². The average molecular weight is 603 g/mol. The Morgan fingerprint density at radius 3 is 2.38 bits per heavy atom. The van der Waals surface area contributed by atoms with Crippen LogP contribution in [0.5, 0.6) is 0 Å². The lowest BCUT2D eigenvalue weighted by molar-refractivity contribution is -0.137. The van der Waals surface area contributed by atoms with Crippen molar-refractivity contribution in [2.24, 2.45) is 0 Å². The van der Waals surface area contributed by atoms with Crippen LogP contribution in [0.4, 0.5) is 29.3 Å². The predicted molar refractivity (Wildman–Crippen MR) is 150 cm³/mol. The molecule has 42 heavy (non-hydrogen) atoms. The highest BCUT2D eigenvalue weighted by Gasteiger charge is 2.34. The van der Waals surface area contributed by atoms with Gasteiger partial charge in [0.15, 0.2) is 0 Å². The van der Waals surface area contributed by atoms with E-state index in [0.717, 1.165) is 41.7 Å². The number of aromatic nitrogens is 4. The molecule has 0 radical (unpaired) electrons. The summed E-state index contributed by atoms with van der Waals surface area (Å²) in [5.74, 6) is -0.922. The SMILES string of the molecule is CCN(CC)c1ccc(NC(=O)OC(CS(=O)(=O)c2nnnn2-c2ccccc2)c2cccc(C(F)(F)F)c2)c(C)c1. The Hall–Kier alpha value is -4.46. The molecule has 1 N–H and O–H groups in total. The zero-order valence-corrected chi connectivity index (χ0v) is 23.9. The monoisotopic (exact) mass is 602 g/mol. The van der Waals surface area contributed by atoms with Gasteiger partial charge >= 0.3 is 12.3 Å². The summed E-state index contributed by atoms with van der Waals surface area (Å²) in [6, 6.07) is 17.5. The number of hydrogen-bond donors (Lipinski definition) is 1. The van der Waals surface area contributed by atoms with Crippen LogP contribution in [-0.4, -0.2) is 53.6 Å². The fourth-order valence-corrected chi connectivity index (χ4v) is 5.71. The molecule has 3 aromatic carbocycles. The van der Waals surface area contributed by atoms with Crippen molar-refractivity contribution in [2.45, 2.75) is 38.2 Å². The molecular weight excluding hydrogens is 573 g/mol. The summed E-state index contributed by atoms with van der Waals surface area (Å²) < 4.78 is 74.0. The van der Waals surface area contributed by atoms with Gasteiger partial charge in [0.2, 0.25) is 9.84 Å². The Morgan fingerprint density at radius 1 is 1.02 bits per heavy atom. The fraction of sp³-hybridized carbons (Fsp3) is 0.286. The van der Waals surface area contributed by atoms with Gasteiger partial charge in [0.25, 0.3) is 5.16 Å². The molecule has 4 rings (SSSR count). The molecular formula is C28H29F3N6O4S. The van der Waals surface area contributed by atoms with Gasteiger partial charge in [-0.25, -0.2) is 13.2 Å². The molecule has 0 saturated carbocycles. The maximum Gasteiger partial charge on any atom is 0.416 e. The second-order valence-electron chi connectivity index (χ2n) is 9.30. The summed E-state index contributed by atoms with van der Waals surface area (Å²) in [7, 11) is -4.40. The summed E-state index contributed by atoms with van der Waals surface area (Å²) in [6.45, 7) is 7.38. The minimum atomic E-state index is -4.71. The number of halogens is 3. The molecule has 1 atom stereocenters. The third-order valence-corrected chi connectivity index (χ3v) is 8.05. The van der Waals surface area contributed by atoms with Crippen molar-refractivity contribution in [1.82, 2.24) is 20.2 Å². The lowest BCUT2D eigenvalue weighted by atomic mass is 10.1. The van der Waals surface area contributed by atoms with E-state index in [-0.39, 0.29) is 5.56 Å². The van der Waals surface area contributed by atoms with E-state index >= 15 is 0 Å². The number of amides is 1. The molecule has 1 heterocycles. The van der Waals surface area contributed by atoms with Gasteiger partial charge in [-0.1, -0.05) is 35.4 Å². The quantitative estimate of drug-likeness (QED) is 0.249. The van der Waals surface area contributed by atoms with E-state index in [1.807, 2.05) is 26.0 Å². The number of nitrogens with zero attached hydrogens (tertiary/aromatic N) is 5. The van der Waals surface area contributed by atoms with E-state index < -0.39 is 44.7 Å². The van der Waals surface area contributed by atoms with Crippen molar-refractivity contribution in [1.29, 1.82) is 0 Å². The van der Waals surface area contributed by atoms with Crippen LogP contribution in [-0.2, 0) is 20.8 Å². The lowest BCUT2D eigenvalue weighted by Gasteiger charge is -2.23. The molecule has 1 amide bonds. The smallest absolute Gasteiger partial charge is 0.416 e. The average Bonchev–Trinajstić information content (AvgIpc) is 3.46. The van der Waals surface area contributed by atoms with Crippen LogP contribution in [0.15, 0.2) is 78.0 Å². The first-order chi connectivity index (χ1) is 19.9. The highest BCUT2D eigenvalue weighted by molar-refractivity contribution is 7.91. The molecule has 0 spiro atoms. The van der Waals surface area contributed by atoms with Crippen molar-refractivity contribution in [3.05, 3.63) is 89.5 Å². The first-order valence-corrected chi connectivity index (χ1v) is 14.6. The van der Waals surface area contributed by atoms with Crippen LogP contribution < -0.4 is 10.2 Å². The zero-order chi connectivity index (χ0) is 30.5. The molecule has 10 nitrogen and oxygen atoms in total. The number of sulfone groups is 1. The van der Waals surface area contributed by atoms with Crippen molar-refractivity contribution >= 4 is 27.3 Å². The summed E-state index contributed by atoms with van der Waals surface area (Å²) in [6.07, 6.45) is -7.38. The Kier molecular flexibility index (Phi) is 9.14. The highest BCUT2D eigenvalue weighted by atomic mass is 32.2. The van der Waals surface area contributed by atoms with E-state index in [1.54, 1.807) is 43.3 Å². The van der Waals surface area contributed by atoms with Crippen LogP contribution in [0.25, 0.3) is 5.69 Å². The molecule has 0 aliphatic carbocycles. The highest BCUT2D eigenvalue weighted by Crippen LogP contribution is 2.33. The summed E-state index contributed by atoms with van der Waals surface area (Å²) in [5, 5.41) is 12.9.